The number of aliphatic hydroxyl groups is 1. The number of hydrogen-bond donors (Lipinski definition) is 1. The van der Waals surface area contributed by atoms with Crippen LogP contribution < -0.4 is 10.3 Å². The number of aryl methyl sites for hydroxylation is 1. The van der Waals surface area contributed by atoms with E-state index in [9.17, 15) is 16.1 Å². The standard InChI is InChI=1S/C30H37N3O5/c1-9-32(7)18(6)25-20-11-19-17(5)33-24(26(19)31-23(20)10-16(4)27(25)37-8)12-22-21(28(33)34)14-38-29(35)30(22,36)13-15(2)3/h10-12,15,17-18,36H,9,13-14H2,1-8H3/t17?,18?,30-/m0/s1/i18D. The zero-order valence-electron chi connectivity index (χ0n) is 24.4. The Morgan fingerprint density at radius 3 is 2.66 bits per heavy atom. The lowest BCUT2D eigenvalue weighted by Gasteiger charge is -2.34. The molecule has 0 saturated heterocycles. The molecule has 8 nitrogen and oxygen atoms in total. The van der Waals surface area contributed by atoms with E-state index in [-0.39, 0.29) is 30.5 Å². The quantitative estimate of drug-likeness (QED) is 0.475. The number of nitrogens with zero attached hydrogens (tertiary/aromatic N) is 3. The van der Waals surface area contributed by atoms with Crippen LogP contribution in [0.1, 0.15) is 82.3 Å². The minimum absolute atomic E-state index is 0.00500. The molecule has 0 bridgehead atoms. The highest BCUT2D eigenvalue weighted by Crippen LogP contribution is 2.45. The first-order chi connectivity index (χ1) is 18.3. The van der Waals surface area contributed by atoms with Crippen LogP contribution >= 0.6 is 0 Å². The van der Waals surface area contributed by atoms with Crippen LogP contribution in [0.15, 0.2) is 23.0 Å². The maximum absolute atomic E-state index is 13.8. The Morgan fingerprint density at radius 1 is 1.32 bits per heavy atom. The Morgan fingerprint density at radius 2 is 2.03 bits per heavy atom. The maximum Gasteiger partial charge on any atom is 0.343 e. The number of rotatable bonds is 6. The minimum Gasteiger partial charge on any atom is -0.496 e. The molecule has 0 amide bonds. The number of carbonyl (C=O) groups excluding carboxylic acids is 1. The van der Waals surface area contributed by atoms with Gasteiger partial charge in [-0.25, -0.2) is 9.78 Å². The smallest absolute Gasteiger partial charge is 0.343 e. The summed E-state index contributed by atoms with van der Waals surface area (Å²) in [5.74, 6) is -0.0882. The van der Waals surface area contributed by atoms with Crippen LogP contribution in [0.25, 0.3) is 22.3 Å². The van der Waals surface area contributed by atoms with E-state index in [1.165, 1.54) is 0 Å². The van der Waals surface area contributed by atoms with Crippen LogP contribution in [0.2, 0.25) is 0 Å². The van der Waals surface area contributed by atoms with Crippen molar-refractivity contribution in [3.63, 3.8) is 0 Å². The van der Waals surface area contributed by atoms with Gasteiger partial charge in [0.15, 0.2) is 5.60 Å². The summed E-state index contributed by atoms with van der Waals surface area (Å²) in [5.41, 5.74) is 2.72. The third-order valence-corrected chi connectivity index (χ3v) is 8.16. The molecule has 2 aromatic heterocycles. The highest BCUT2D eigenvalue weighted by Gasteiger charge is 2.47. The molecular weight excluding hydrogens is 482 g/mol. The highest BCUT2D eigenvalue weighted by molar-refractivity contribution is 5.91. The molecule has 2 unspecified atom stereocenters. The third kappa shape index (κ3) is 3.68. The maximum atomic E-state index is 13.8. The van der Waals surface area contributed by atoms with Crippen LogP contribution in [-0.4, -0.2) is 46.2 Å². The summed E-state index contributed by atoms with van der Waals surface area (Å²) < 4.78 is 22.1. The second-order valence-electron chi connectivity index (χ2n) is 11.0. The summed E-state index contributed by atoms with van der Waals surface area (Å²) in [5, 5.41) is 12.3. The van der Waals surface area contributed by atoms with E-state index in [2.05, 4.69) is 0 Å². The Kier molecular flexibility index (Phi) is 6.07. The first-order valence-corrected chi connectivity index (χ1v) is 13.2. The van der Waals surface area contributed by atoms with Crippen LogP contribution in [0, 0.1) is 12.8 Å². The largest absolute Gasteiger partial charge is 0.496 e. The first-order valence-electron chi connectivity index (χ1n) is 13.7. The number of carbonyl (C=O) groups is 1. The summed E-state index contributed by atoms with van der Waals surface area (Å²) in [6.45, 7) is 12.1. The van der Waals surface area contributed by atoms with Gasteiger partial charge in [0.2, 0.25) is 0 Å². The number of fused-ring (bicyclic) bond motifs is 5. The fraction of sp³-hybridized carbons (Fsp3) is 0.500. The predicted molar refractivity (Wildman–Crippen MR) is 146 cm³/mol. The number of methoxy groups -OCH3 is 1. The zero-order chi connectivity index (χ0) is 28.6. The van der Waals surface area contributed by atoms with Gasteiger partial charge < -0.3 is 14.6 Å². The summed E-state index contributed by atoms with van der Waals surface area (Å²) in [7, 11) is 3.52. The van der Waals surface area contributed by atoms with Gasteiger partial charge in [-0.3, -0.25) is 14.3 Å². The van der Waals surface area contributed by atoms with Crippen LogP contribution in [0.5, 0.6) is 5.75 Å². The molecule has 1 N–H and O–H groups in total. The molecule has 3 atom stereocenters. The Balaban J connectivity index is 1.82. The summed E-state index contributed by atoms with van der Waals surface area (Å²) in [6, 6.07) is 4.26. The van der Waals surface area contributed by atoms with E-state index in [1.54, 1.807) is 17.7 Å². The van der Waals surface area contributed by atoms with Crippen molar-refractivity contribution < 1.29 is 20.7 Å². The van der Waals surface area contributed by atoms with E-state index in [1.807, 2.05) is 65.6 Å². The van der Waals surface area contributed by atoms with Crippen molar-refractivity contribution in [2.45, 2.75) is 72.2 Å². The van der Waals surface area contributed by atoms with Crippen molar-refractivity contribution in [2.24, 2.45) is 5.92 Å². The van der Waals surface area contributed by atoms with Gasteiger partial charge in [-0.1, -0.05) is 20.8 Å². The zero-order valence-corrected chi connectivity index (χ0v) is 23.4. The Labute approximate surface area is 224 Å². The molecule has 0 radical (unpaired) electrons. The lowest BCUT2D eigenvalue weighted by atomic mass is 9.82. The molecule has 0 fully saturated rings. The van der Waals surface area contributed by atoms with Crippen molar-refractivity contribution in [3.8, 4) is 17.1 Å². The Bertz CT molecular complexity index is 1580. The van der Waals surface area contributed by atoms with Gasteiger partial charge >= 0.3 is 5.97 Å². The van der Waals surface area contributed by atoms with E-state index >= 15 is 0 Å². The number of ether oxygens (including phenoxy) is 2. The van der Waals surface area contributed by atoms with Crippen LogP contribution in [-0.2, 0) is 21.7 Å². The van der Waals surface area contributed by atoms with Gasteiger partial charge in [0.25, 0.3) is 5.56 Å². The third-order valence-electron chi connectivity index (χ3n) is 8.16. The van der Waals surface area contributed by atoms with Crippen LogP contribution in [0.4, 0.5) is 0 Å². The molecular formula is C30H37N3O5. The van der Waals surface area contributed by atoms with Crippen LogP contribution in [0.3, 0.4) is 0 Å². The van der Waals surface area contributed by atoms with Gasteiger partial charge in [0.1, 0.15) is 12.4 Å². The predicted octanol–water partition coefficient (Wildman–Crippen LogP) is 4.61. The fourth-order valence-corrected chi connectivity index (χ4v) is 6.05. The Hall–Kier alpha value is -3.23. The fourth-order valence-electron chi connectivity index (χ4n) is 6.05. The van der Waals surface area contributed by atoms with Gasteiger partial charge in [-0.05, 0) is 70.5 Å². The molecule has 38 heavy (non-hydrogen) atoms. The van der Waals surface area contributed by atoms with Gasteiger partial charge in [-0.15, -0.1) is 0 Å². The van der Waals surface area contributed by atoms with Gasteiger partial charge in [-0.2, -0.15) is 0 Å². The van der Waals surface area contributed by atoms with E-state index in [4.69, 9.17) is 14.5 Å². The molecule has 4 heterocycles. The second-order valence-corrected chi connectivity index (χ2v) is 11.0. The molecule has 202 valence electrons. The van der Waals surface area contributed by atoms with Crippen molar-refractivity contribution in [2.75, 3.05) is 20.7 Å². The lowest BCUT2D eigenvalue weighted by Crippen LogP contribution is -2.45. The van der Waals surface area contributed by atoms with E-state index in [0.717, 1.165) is 22.1 Å². The number of aromatic nitrogens is 2. The molecule has 1 aromatic carbocycles. The number of benzene rings is 1. The van der Waals surface area contributed by atoms with E-state index < -0.39 is 17.6 Å². The molecule has 3 aromatic rings. The number of pyridine rings is 2. The van der Waals surface area contributed by atoms with Crippen molar-refractivity contribution >= 4 is 16.9 Å². The molecule has 2 aliphatic rings. The van der Waals surface area contributed by atoms with Crippen molar-refractivity contribution in [1.29, 1.82) is 0 Å². The molecule has 8 heteroatoms. The van der Waals surface area contributed by atoms with Gasteiger partial charge in [0.05, 0.1) is 37.0 Å². The van der Waals surface area contributed by atoms with Gasteiger partial charge in [0, 0.05) is 28.1 Å². The topological polar surface area (TPSA) is 93.9 Å². The lowest BCUT2D eigenvalue weighted by molar-refractivity contribution is -0.174. The molecule has 0 saturated carbocycles. The van der Waals surface area contributed by atoms with E-state index in [0.29, 0.717) is 40.3 Å². The van der Waals surface area contributed by atoms with Crippen molar-refractivity contribution in [1.82, 2.24) is 14.5 Å². The number of cyclic esters (lactones) is 1. The minimum atomic E-state index is -1.89. The molecule has 0 aliphatic carbocycles. The van der Waals surface area contributed by atoms with Crippen molar-refractivity contribution in [3.05, 3.63) is 56.4 Å². The highest BCUT2D eigenvalue weighted by atomic mass is 16.6. The number of esters is 1. The summed E-state index contributed by atoms with van der Waals surface area (Å²) in [4.78, 5) is 33.6. The second kappa shape index (κ2) is 9.20. The summed E-state index contributed by atoms with van der Waals surface area (Å²) >= 11 is 0. The molecule has 0 spiro atoms. The molecule has 5 rings (SSSR count). The molecule has 2 aliphatic heterocycles. The number of hydrogen-bond acceptors (Lipinski definition) is 7. The normalized spacial score (nSPS) is 22.1. The monoisotopic (exact) mass is 520 g/mol. The first kappa shape index (κ1) is 25.1. The average Bonchev–Trinajstić information content (AvgIpc) is 3.14. The summed E-state index contributed by atoms with van der Waals surface area (Å²) in [6.07, 6.45) is 0.144. The SMILES string of the molecule is [2H]C(C)(c1c(OC)c(C)cc2nc3c(cc12)C(C)n1c-3cc2c(c1=O)COC(=O)[C@]2(O)CC(C)C)N(C)CC. The average molecular weight is 521 g/mol.